The second-order valence-electron chi connectivity index (χ2n) is 4.58. The van der Waals surface area contributed by atoms with Crippen LogP contribution in [0.4, 0.5) is 0 Å². The Morgan fingerprint density at radius 2 is 1.81 bits per heavy atom. The van der Waals surface area contributed by atoms with Gasteiger partial charge in [-0.1, -0.05) is 31.5 Å². The zero-order valence-electron chi connectivity index (χ0n) is 10.5. The van der Waals surface area contributed by atoms with Crippen LogP contribution in [0.1, 0.15) is 33.6 Å². The van der Waals surface area contributed by atoms with Gasteiger partial charge < -0.3 is 9.47 Å². The van der Waals surface area contributed by atoms with Crippen molar-refractivity contribution >= 4 is 0 Å². The van der Waals surface area contributed by atoms with E-state index in [0.29, 0.717) is 6.61 Å². The van der Waals surface area contributed by atoms with Gasteiger partial charge in [-0.05, 0) is 32.4 Å². The first-order valence-electron chi connectivity index (χ1n) is 5.96. The SMILES string of the molecule is CCCCOCC(C)(C)Oc1ccccc1. The molecule has 0 spiro atoms. The third-order valence-corrected chi connectivity index (χ3v) is 2.23. The predicted molar refractivity (Wildman–Crippen MR) is 66.9 cm³/mol. The number of unbranched alkanes of at least 4 members (excludes halogenated alkanes) is 1. The van der Waals surface area contributed by atoms with E-state index in [2.05, 4.69) is 6.92 Å². The van der Waals surface area contributed by atoms with Crippen molar-refractivity contribution in [1.29, 1.82) is 0 Å². The largest absolute Gasteiger partial charge is 0.485 e. The average Bonchev–Trinajstić information content (AvgIpc) is 2.25. The van der Waals surface area contributed by atoms with Gasteiger partial charge in [-0.2, -0.15) is 0 Å². The van der Waals surface area contributed by atoms with Crippen LogP contribution in [-0.4, -0.2) is 18.8 Å². The standard InChI is InChI=1S/C14H22O2/c1-4-5-11-15-12-14(2,3)16-13-9-7-6-8-10-13/h6-10H,4-5,11-12H2,1-3H3. The zero-order valence-corrected chi connectivity index (χ0v) is 10.5. The average molecular weight is 222 g/mol. The third kappa shape index (κ3) is 5.17. The highest BCUT2D eigenvalue weighted by Crippen LogP contribution is 2.17. The van der Waals surface area contributed by atoms with Gasteiger partial charge >= 0.3 is 0 Å². The summed E-state index contributed by atoms with van der Waals surface area (Å²) in [5.74, 6) is 0.895. The zero-order chi connectivity index (χ0) is 11.9. The van der Waals surface area contributed by atoms with Gasteiger partial charge in [0.25, 0.3) is 0 Å². The molecule has 2 nitrogen and oxygen atoms in total. The summed E-state index contributed by atoms with van der Waals surface area (Å²) in [6.07, 6.45) is 2.28. The molecule has 0 aromatic heterocycles. The number of rotatable bonds is 7. The van der Waals surface area contributed by atoms with Gasteiger partial charge in [0.1, 0.15) is 11.4 Å². The predicted octanol–water partition coefficient (Wildman–Crippen LogP) is 3.66. The van der Waals surface area contributed by atoms with Crippen molar-refractivity contribution in [2.24, 2.45) is 0 Å². The van der Waals surface area contributed by atoms with Crippen molar-refractivity contribution in [1.82, 2.24) is 0 Å². The van der Waals surface area contributed by atoms with E-state index in [9.17, 15) is 0 Å². The first-order valence-corrected chi connectivity index (χ1v) is 5.96. The topological polar surface area (TPSA) is 18.5 Å². The van der Waals surface area contributed by atoms with Crippen molar-refractivity contribution in [3.8, 4) is 5.75 Å². The summed E-state index contributed by atoms with van der Waals surface area (Å²) >= 11 is 0. The lowest BCUT2D eigenvalue weighted by Crippen LogP contribution is -2.34. The molecule has 0 heterocycles. The molecule has 0 saturated heterocycles. The summed E-state index contributed by atoms with van der Waals surface area (Å²) in [6, 6.07) is 9.87. The molecule has 0 saturated carbocycles. The smallest absolute Gasteiger partial charge is 0.127 e. The quantitative estimate of drug-likeness (QED) is 0.655. The van der Waals surface area contributed by atoms with Crippen LogP contribution in [0.3, 0.4) is 0 Å². The highest BCUT2D eigenvalue weighted by atomic mass is 16.5. The van der Waals surface area contributed by atoms with Gasteiger partial charge in [0.2, 0.25) is 0 Å². The monoisotopic (exact) mass is 222 g/mol. The lowest BCUT2D eigenvalue weighted by molar-refractivity contribution is -0.00402. The molecule has 0 atom stereocenters. The van der Waals surface area contributed by atoms with Crippen molar-refractivity contribution in [3.63, 3.8) is 0 Å². The first-order chi connectivity index (χ1) is 7.64. The molecule has 1 aromatic rings. The van der Waals surface area contributed by atoms with Crippen LogP contribution in [0.5, 0.6) is 5.75 Å². The molecule has 0 aliphatic heterocycles. The molecule has 0 aliphatic rings. The normalized spacial score (nSPS) is 11.4. The van der Waals surface area contributed by atoms with Crippen LogP contribution < -0.4 is 4.74 Å². The molecule has 0 fully saturated rings. The van der Waals surface area contributed by atoms with Gasteiger partial charge in [0.15, 0.2) is 0 Å². The summed E-state index contributed by atoms with van der Waals surface area (Å²) < 4.78 is 11.4. The van der Waals surface area contributed by atoms with Crippen molar-refractivity contribution in [2.75, 3.05) is 13.2 Å². The van der Waals surface area contributed by atoms with E-state index in [-0.39, 0.29) is 5.60 Å². The number of para-hydroxylation sites is 1. The van der Waals surface area contributed by atoms with Crippen LogP contribution in [0.25, 0.3) is 0 Å². The maximum atomic E-state index is 5.86. The van der Waals surface area contributed by atoms with E-state index in [0.717, 1.165) is 18.8 Å². The fraction of sp³-hybridized carbons (Fsp3) is 0.571. The second-order valence-corrected chi connectivity index (χ2v) is 4.58. The molecule has 0 radical (unpaired) electrons. The molecule has 16 heavy (non-hydrogen) atoms. The molecule has 0 bridgehead atoms. The van der Waals surface area contributed by atoms with E-state index >= 15 is 0 Å². The Morgan fingerprint density at radius 3 is 2.44 bits per heavy atom. The van der Waals surface area contributed by atoms with Crippen molar-refractivity contribution in [2.45, 2.75) is 39.2 Å². The minimum Gasteiger partial charge on any atom is -0.485 e. The number of hydrogen-bond donors (Lipinski definition) is 0. The van der Waals surface area contributed by atoms with Crippen LogP contribution in [0.15, 0.2) is 30.3 Å². The molecule has 0 unspecified atom stereocenters. The molecule has 2 heteroatoms. The molecular weight excluding hydrogens is 200 g/mol. The molecule has 0 aliphatic carbocycles. The maximum absolute atomic E-state index is 5.86. The van der Waals surface area contributed by atoms with Crippen molar-refractivity contribution in [3.05, 3.63) is 30.3 Å². The summed E-state index contributed by atoms with van der Waals surface area (Å²) in [4.78, 5) is 0. The Balaban J connectivity index is 2.33. The minimum atomic E-state index is -0.269. The van der Waals surface area contributed by atoms with E-state index < -0.39 is 0 Å². The summed E-state index contributed by atoms with van der Waals surface area (Å²) in [5, 5.41) is 0. The summed E-state index contributed by atoms with van der Waals surface area (Å²) in [6.45, 7) is 7.70. The van der Waals surface area contributed by atoms with Crippen LogP contribution in [0.2, 0.25) is 0 Å². The van der Waals surface area contributed by atoms with E-state index in [1.165, 1.54) is 6.42 Å². The van der Waals surface area contributed by atoms with E-state index in [1.54, 1.807) is 0 Å². The van der Waals surface area contributed by atoms with Crippen LogP contribution >= 0.6 is 0 Å². The lowest BCUT2D eigenvalue weighted by atomic mass is 10.1. The van der Waals surface area contributed by atoms with E-state index in [1.807, 2.05) is 44.2 Å². The van der Waals surface area contributed by atoms with Gasteiger partial charge in [-0.3, -0.25) is 0 Å². The molecule has 1 rings (SSSR count). The van der Waals surface area contributed by atoms with Gasteiger partial charge in [-0.15, -0.1) is 0 Å². The van der Waals surface area contributed by atoms with Crippen molar-refractivity contribution < 1.29 is 9.47 Å². The lowest BCUT2D eigenvalue weighted by Gasteiger charge is -2.26. The van der Waals surface area contributed by atoms with Crippen LogP contribution in [-0.2, 0) is 4.74 Å². The highest BCUT2D eigenvalue weighted by Gasteiger charge is 2.19. The molecule has 0 amide bonds. The fourth-order valence-electron chi connectivity index (χ4n) is 1.40. The molecule has 1 aromatic carbocycles. The van der Waals surface area contributed by atoms with Gasteiger partial charge in [0.05, 0.1) is 6.61 Å². The molecular formula is C14H22O2. The molecule has 90 valence electrons. The Kier molecular flexibility index (Phi) is 5.33. The molecule has 0 N–H and O–H groups in total. The Bertz CT molecular complexity index is 280. The third-order valence-electron chi connectivity index (χ3n) is 2.23. The number of hydrogen-bond acceptors (Lipinski definition) is 2. The fourth-order valence-corrected chi connectivity index (χ4v) is 1.40. The van der Waals surface area contributed by atoms with Gasteiger partial charge in [0, 0.05) is 6.61 Å². The summed E-state index contributed by atoms with van der Waals surface area (Å²) in [5.41, 5.74) is -0.269. The number of benzene rings is 1. The Morgan fingerprint density at radius 1 is 1.12 bits per heavy atom. The van der Waals surface area contributed by atoms with Gasteiger partial charge in [-0.25, -0.2) is 0 Å². The minimum absolute atomic E-state index is 0.269. The number of ether oxygens (including phenoxy) is 2. The maximum Gasteiger partial charge on any atom is 0.127 e. The highest BCUT2D eigenvalue weighted by molar-refractivity contribution is 5.21. The Labute approximate surface area is 98.6 Å². The summed E-state index contributed by atoms with van der Waals surface area (Å²) in [7, 11) is 0. The first kappa shape index (κ1) is 13.0. The van der Waals surface area contributed by atoms with Crippen LogP contribution in [0, 0.1) is 0 Å². The second kappa shape index (κ2) is 6.54. The Hall–Kier alpha value is -1.02. The van der Waals surface area contributed by atoms with E-state index in [4.69, 9.17) is 9.47 Å².